The quantitative estimate of drug-likeness (QED) is 0.598. The Morgan fingerprint density at radius 2 is 2.00 bits per heavy atom. The minimum Gasteiger partial charge on any atom is -0.447 e. The molecule has 4 rings (SSSR count). The average Bonchev–Trinajstić information content (AvgIpc) is 2.87. The van der Waals surface area contributed by atoms with Crippen LogP contribution in [0.25, 0.3) is 11.3 Å². The van der Waals surface area contributed by atoms with Gasteiger partial charge in [-0.3, -0.25) is 9.69 Å². The first-order valence-corrected chi connectivity index (χ1v) is 9.79. The summed E-state index contributed by atoms with van der Waals surface area (Å²) in [7, 11) is 0. The van der Waals surface area contributed by atoms with Crippen molar-refractivity contribution in [1.29, 1.82) is 5.26 Å². The summed E-state index contributed by atoms with van der Waals surface area (Å²) < 4.78 is 20.2. The lowest BCUT2D eigenvalue weighted by Crippen LogP contribution is -2.36. The van der Waals surface area contributed by atoms with E-state index in [9.17, 15) is 9.18 Å². The van der Waals surface area contributed by atoms with Crippen molar-refractivity contribution >= 4 is 23.4 Å². The first kappa shape index (κ1) is 18.8. The number of amides is 1. The summed E-state index contributed by atoms with van der Waals surface area (Å²) in [5.41, 5.74) is 2.15. The van der Waals surface area contributed by atoms with Crippen LogP contribution in [0.5, 0.6) is 5.88 Å². The van der Waals surface area contributed by atoms with Crippen LogP contribution in [0.4, 0.5) is 10.1 Å². The summed E-state index contributed by atoms with van der Waals surface area (Å²) in [6, 6.07) is 12.8. The molecule has 0 bridgehead atoms. The number of halogens is 1. The Bertz CT molecular complexity index is 1150. The fourth-order valence-electron chi connectivity index (χ4n) is 3.10. The Kier molecular flexibility index (Phi) is 4.86. The van der Waals surface area contributed by atoms with Gasteiger partial charge in [-0.2, -0.15) is 10.2 Å². The summed E-state index contributed by atoms with van der Waals surface area (Å²) in [5.74, 6) is -0.641. The summed E-state index contributed by atoms with van der Waals surface area (Å²) >= 11 is 1.29. The molecule has 3 aromatic rings. The smallest absolute Gasteiger partial charge is 0.247 e. The lowest BCUT2D eigenvalue weighted by atomic mass is 10.1. The zero-order chi connectivity index (χ0) is 20.5. The van der Waals surface area contributed by atoms with E-state index < -0.39 is 12.0 Å². The first-order valence-electron chi connectivity index (χ1n) is 8.57. The molecule has 0 saturated carbocycles. The molecule has 144 valence electrons. The molecule has 0 radical (unpaired) electrons. The second-order valence-electron chi connectivity index (χ2n) is 6.21. The van der Waals surface area contributed by atoms with Crippen molar-refractivity contribution < 1.29 is 13.9 Å². The number of aromatic nitrogens is 3. The van der Waals surface area contributed by atoms with Crippen LogP contribution in [0, 0.1) is 17.1 Å². The van der Waals surface area contributed by atoms with Gasteiger partial charge in [0.05, 0.1) is 17.3 Å². The van der Waals surface area contributed by atoms with Crippen LogP contribution >= 0.6 is 11.8 Å². The molecule has 1 aromatic heterocycles. The van der Waals surface area contributed by atoms with Gasteiger partial charge in [-0.25, -0.2) is 4.39 Å². The fourth-order valence-corrected chi connectivity index (χ4v) is 3.40. The molecule has 1 aliphatic rings. The lowest BCUT2D eigenvalue weighted by molar-refractivity contribution is -0.118. The predicted octanol–water partition coefficient (Wildman–Crippen LogP) is 3.72. The molecule has 2 aromatic carbocycles. The zero-order valence-corrected chi connectivity index (χ0v) is 16.3. The van der Waals surface area contributed by atoms with Gasteiger partial charge < -0.3 is 4.74 Å². The Labute approximate surface area is 170 Å². The van der Waals surface area contributed by atoms with Gasteiger partial charge in [0.2, 0.25) is 23.2 Å². The fraction of sp³-hybridized carbons (Fsp3) is 0.150. The van der Waals surface area contributed by atoms with Gasteiger partial charge in [-0.05, 0) is 36.6 Å². The van der Waals surface area contributed by atoms with E-state index in [1.165, 1.54) is 41.8 Å². The van der Waals surface area contributed by atoms with Crippen LogP contribution in [0.2, 0.25) is 0 Å². The number of hydrogen-bond donors (Lipinski definition) is 0. The number of benzene rings is 2. The maximum absolute atomic E-state index is 14.1. The number of anilines is 1. The van der Waals surface area contributed by atoms with Crippen LogP contribution in [0.15, 0.2) is 47.6 Å². The van der Waals surface area contributed by atoms with Crippen molar-refractivity contribution in [2.45, 2.75) is 18.3 Å². The topological polar surface area (TPSA) is 92.0 Å². The number of nitriles is 1. The first-order chi connectivity index (χ1) is 14.0. The van der Waals surface area contributed by atoms with Crippen molar-refractivity contribution in [3.8, 4) is 23.2 Å². The van der Waals surface area contributed by atoms with Crippen LogP contribution in [-0.2, 0) is 4.79 Å². The van der Waals surface area contributed by atoms with E-state index in [-0.39, 0.29) is 17.5 Å². The SMILES string of the molecule is CSc1nnc2c(n1)O[C@H](c1ccc(C#N)cc1)N(C(C)=O)c1ccc(F)cc1-2. The summed E-state index contributed by atoms with van der Waals surface area (Å²) in [5, 5.41) is 17.7. The van der Waals surface area contributed by atoms with E-state index in [0.717, 1.165) is 0 Å². The minimum absolute atomic E-state index is 0.148. The van der Waals surface area contributed by atoms with Crippen LogP contribution in [0.3, 0.4) is 0 Å². The van der Waals surface area contributed by atoms with E-state index >= 15 is 0 Å². The Balaban J connectivity index is 1.97. The normalized spacial score (nSPS) is 14.8. The standard InChI is InChI=1S/C20H14FN5O2S/c1-11(27)26-16-8-7-14(21)9-15(16)17-18(23-20(29-2)25-24-17)28-19(26)13-5-3-12(10-22)4-6-13/h3-9,19H,1-2H3/t19-/m1/s1. The number of hydrogen-bond acceptors (Lipinski definition) is 7. The largest absolute Gasteiger partial charge is 0.447 e. The average molecular weight is 407 g/mol. The Morgan fingerprint density at radius 3 is 2.66 bits per heavy atom. The maximum atomic E-state index is 14.1. The second kappa shape index (κ2) is 7.48. The maximum Gasteiger partial charge on any atom is 0.247 e. The molecule has 0 fully saturated rings. The van der Waals surface area contributed by atoms with Crippen LogP contribution in [-0.4, -0.2) is 27.3 Å². The Morgan fingerprint density at radius 1 is 1.24 bits per heavy atom. The third-order valence-corrected chi connectivity index (χ3v) is 4.95. The van der Waals surface area contributed by atoms with Crippen molar-refractivity contribution in [3.63, 3.8) is 0 Å². The molecule has 0 saturated heterocycles. The van der Waals surface area contributed by atoms with Gasteiger partial charge in [0.15, 0.2) is 5.69 Å². The summed E-state index contributed by atoms with van der Waals surface area (Å²) in [6.07, 6.45) is 0.922. The van der Waals surface area contributed by atoms with E-state index in [4.69, 9.17) is 10.00 Å². The van der Waals surface area contributed by atoms with Gasteiger partial charge in [0.25, 0.3) is 0 Å². The molecule has 0 spiro atoms. The van der Waals surface area contributed by atoms with Gasteiger partial charge >= 0.3 is 0 Å². The monoisotopic (exact) mass is 407 g/mol. The lowest BCUT2D eigenvalue weighted by Gasteiger charge is -2.29. The molecule has 1 aliphatic heterocycles. The highest BCUT2D eigenvalue weighted by Gasteiger charge is 2.34. The number of carbonyl (C=O) groups excluding carboxylic acids is 1. The summed E-state index contributed by atoms with van der Waals surface area (Å²) in [6.45, 7) is 1.40. The highest BCUT2D eigenvalue weighted by molar-refractivity contribution is 7.98. The third kappa shape index (κ3) is 3.39. The van der Waals surface area contributed by atoms with Gasteiger partial charge in [-0.1, -0.05) is 23.9 Å². The number of ether oxygens (including phenoxy) is 1. The van der Waals surface area contributed by atoms with E-state index in [2.05, 4.69) is 21.3 Å². The van der Waals surface area contributed by atoms with Crippen molar-refractivity contribution in [3.05, 3.63) is 59.4 Å². The molecule has 29 heavy (non-hydrogen) atoms. The zero-order valence-electron chi connectivity index (χ0n) is 15.5. The molecule has 1 amide bonds. The van der Waals surface area contributed by atoms with Crippen LogP contribution < -0.4 is 9.64 Å². The van der Waals surface area contributed by atoms with Crippen LogP contribution in [0.1, 0.15) is 24.3 Å². The molecule has 1 atom stereocenters. The molecular formula is C20H14FN5O2S. The highest BCUT2D eigenvalue weighted by atomic mass is 32.2. The van der Waals surface area contributed by atoms with Gasteiger partial charge in [0, 0.05) is 18.1 Å². The number of fused-ring (bicyclic) bond motifs is 3. The van der Waals surface area contributed by atoms with Crippen molar-refractivity contribution in [1.82, 2.24) is 15.2 Å². The van der Waals surface area contributed by atoms with E-state index in [1.54, 1.807) is 30.5 Å². The third-order valence-electron chi connectivity index (χ3n) is 4.41. The van der Waals surface area contributed by atoms with Crippen molar-refractivity contribution in [2.75, 3.05) is 11.2 Å². The molecule has 0 aliphatic carbocycles. The molecule has 0 unspecified atom stereocenters. The number of thioether (sulfide) groups is 1. The van der Waals surface area contributed by atoms with Gasteiger partial charge in [-0.15, -0.1) is 10.2 Å². The van der Waals surface area contributed by atoms with Crippen molar-refractivity contribution in [2.24, 2.45) is 0 Å². The van der Waals surface area contributed by atoms with Gasteiger partial charge in [0.1, 0.15) is 5.82 Å². The Hall–Kier alpha value is -3.51. The molecule has 0 N–H and O–H groups in total. The van der Waals surface area contributed by atoms with E-state index in [0.29, 0.717) is 27.5 Å². The number of nitrogens with zero attached hydrogens (tertiary/aromatic N) is 5. The second-order valence-corrected chi connectivity index (χ2v) is 6.98. The number of carbonyl (C=O) groups is 1. The molecule has 7 nitrogen and oxygen atoms in total. The minimum atomic E-state index is -0.878. The number of rotatable bonds is 2. The summed E-state index contributed by atoms with van der Waals surface area (Å²) in [4.78, 5) is 18.4. The molecular weight excluding hydrogens is 393 g/mol. The molecule has 9 heteroatoms. The predicted molar refractivity (Wildman–Crippen MR) is 105 cm³/mol. The molecule has 2 heterocycles. The highest BCUT2D eigenvalue weighted by Crippen LogP contribution is 2.43. The van der Waals surface area contributed by atoms with E-state index in [1.807, 2.05) is 0 Å².